The molecule has 1 aromatic carbocycles. The van der Waals surface area contributed by atoms with Crippen LogP contribution < -0.4 is 5.32 Å². The Labute approximate surface area is 188 Å². The van der Waals surface area contributed by atoms with Gasteiger partial charge in [0.1, 0.15) is 5.82 Å². The number of anilines is 1. The molecule has 0 spiro atoms. The third kappa shape index (κ3) is 3.05. The summed E-state index contributed by atoms with van der Waals surface area (Å²) in [6.07, 6.45) is 7.15. The van der Waals surface area contributed by atoms with Gasteiger partial charge in [0.2, 0.25) is 5.91 Å². The first kappa shape index (κ1) is 21.6. The smallest absolute Gasteiger partial charge is 0.282 e. The number of carbonyl (C=O) groups excluding carboxylic acids is 2. The fraction of sp³-hybridized carbons (Fsp3) is 0.615. The molecule has 2 amide bonds. The fourth-order valence-electron chi connectivity index (χ4n) is 8.06. The van der Waals surface area contributed by atoms with E-state index >= 15 is 0 Å². The van der Waals surface area contributed by atoms with E-state index in [0.717, 1.165) is 38.5 Å². The normalized spacial score (nSPS) is 40.8. The monoisotopic (exact) mass is 442 g/mol. The molecule has 4 aliphatic rings. The molecule has 1 N–H and O–H groups in total. The number of hydrogen-bond acceptors (Lipinski definition) is 2. The van der Waals surface area contributed by atoms with Crippen molar-refractivity contribution in [1.29, 1.82) is 0 Å². The van der Waals surface area contributed by atoms with Crippen LogP contribution >= 0.6 is 0 Å². The number of nitrogens with one attached hydrogen (secondary N) is 1. The van der Waals surface area contributed by atoms with Crippen LogP contribution in [0, 0.1) is 40.3 Å². The van der Waals surface area contributed by atoms with Gasteiger partial charge in [-0.05, 0) is 86.0 Å². The number of fused-ring (bicyclic) bond motifs is 5. The standard InChI is InChI=1S/C26H32F2N2O2/c1-25-12-11-19-17(7-10-22-26(19,2)14-21(28)24(32)30(22)3)18(25)8-9-20(25)23(31)29-16-6-4-5-15(27)13-16/h4-6,13-14,17-20,22H,7-12H2,1-3H3,(H,29,31)/t17-,18-,19+,20?,22?,25-,26+/m0/s1. The van der Waals surface area contributed by atoms with Crippen molar-refractivity contribution in [3.63, 3.8) is 0 Å². The second-order valence-electron chi connectivity index (χ2n) is 10.9. The van der Waals surface area contributed by atoms with Crippen molar-refractivity contribution in [1.82, 2.24) is 4.90 Å². The first-order valence-electron chi connectivity index (χ1n) is 11.9. The minimum Gasteiger partial charge on any atom is -0.336 e. The number of nitrogens with zero attached hydrogens (tertiary/aromatic N) is 1. The highest BCUT2D eigenvalue weighted by atomic mass is 19.1. The summed E-state index contributed by atoms with van der Waals surface area (Å²) in [7, 11) is 1.73. The SMILES string of the molecule is CN1C(=O)C(F)=C[C@@]2(C)C1CC[C@@H]1[C@H]2CC[C@]2(C)C(C(=O)Nc3cccc(F)c3)CC[C@@H]12. The lowest BCUT2D eigenvalue weighted by atomic mass is 9.47. The summed E-state index contributed by atoms with van der Waals surface area (Å²) in [5.74, 6) is -0.474. The number of likely N-dealkylation sites (N-methyl/N-ethyl adjacent to an activating group) is 1. The molecule has 3 aliphatic carbocycles. The zero-order valence-electron chi connectivity index (χ0n) is 19.0. The van der Waals surface area contributed by atoms with E-state index in [0.29, 0.717) is 23.4 Å². The zero-order valence-corrected chi connectivity index (χ0v) is 19.0. The van der Waals surface area contributed by atoms with Gasteiger partial charge >= 0.3 is 0 Å². The summed E-state index contributed by atoms with van der Waals surface area (Å²) in [5.41, 5.74) is 0.0264. The van der Waals surface area contributed by atoms with Crippen LogP contribution in [0.25, 0.3) is 0 Å². The third-order valence-corrected chi connectivity index (χ3v) is 9.57. The number of benzene rings is 1. The Morgan fingerprint density at radius 1 is 1.09 bits per heavy atom. The van der Waals surface area contributed by atoms with Gasteiger partial charge < -0.3 is 10.2 Å². The first-order chi connectivity index (χ1) is 15.1. The van der Waals surface area contributed by atoms with Crippen molar-refractivity contribution >= 4 is 17.5 Å². The van der Waals surface area contributed by atoms with Crippen LogP contribution in [0.1, 0.15) is 52.4 Å². The van der Waals surface area contributed by atoms with Crippen molar-refractivity contribution in [2.75, 3.05) is 12.4 Å². The zero-order chi connectivity index (χ0) is 22.8. The minimum atomic E-state index is -0.626. The molecule has 1 heterocycles. The lowest BCUT2D eigenvalue weighted by Gasteiger charge is -2.60. The largest absolute Gasteiger partial charge is 0.336 e. The molecule has 1 aromatic rings. The Morgan fingerprint density at radius 2 is 1.88 bits per heavy atom. The van der Waals surface area contributed by atoms with Crippen LogP contribution in [0.4, 0.5) is 14.5 Å². The van der Waals surface area contributed by atoms with E-state index in [1.54, 1.807) is 30.2 Å². The van der Waals surface area contributed by atoms with Gasteiger partial charge in [0.05, 0.1) is 0 Å². The van der Waals surface area contributed by atoms with Gasteiger partial charge in [-0.3, -0.25) is 9.59 Å². The summed E-state index contributed by atoms with van der Waals surface area (Å²) in [5, 5.41) is 2.94. The van der Waals surface area contributed by atoms with Crippen LogP contribution in [0.3, 0.4) is 0 Å². The summed E-state index contributed by atoms with van der Waals surface area (Å²) in [4.78, 5) is 27.1. The Kier molecular flexibility index (Phi) is 4.99. The molecule has 172 valence electrons. The Hall–Kier alpha value is -2.24. The van der Waals surface area contributed by atoms with E-state index in [1.165, 1.54) is 12.1 Å². The average molecular weight is 443 g/mol. The van der Waals surface area contributed by atoms with Gasteiger partial charge in [-0.1, -0.05) is 19.9 Å². The maximum atomic E-state index is 14.5. The van der Waals surface area contributed by atoms with Crippen molar-refractivity contribution in [3.8, 4) is 0 Å². The third-order valence-electron chi connectivity index (χ3n) is 9.57. The molecule has 5 rings (SSSR count). The molecule has 1 aliphatic heterocycles. The van der Waals surface area contributed by atoms with Gasteiger partial charge in [-0.25, -0.2) is 8.78 Å². The molecular formula is C26H32F2N2O2. The van der Waals surface area contributed by atoms with E-state index in [9.17, 15) is 18.4 Å². The van der Waals surface area contributed by atoms with E-state index in [4.69, 9.17) is 0 Å². The second-order valence-corrected chi connectivity index (χ2v) is 10.9. The molecule has 0 bridgehead atoms. The topological polar surface area (TPSA) is 49.4 Å². The molecule has 3 fully saturated rings. The predicted octanol–water partition coefficient (Wildman–Crippen LogP) is 5.32. The molecule has 3 saturated carbocycles. The first-order valence-corrected chi connectivity index (χ1v) is 11.9. The molecule has 0 aromatic heterocycles. The highest BCUT2D eigenvalue weighted by Crippen LogP contribution is 2.65. The number of carbonyl (C=O) groups is 2. The molecule has 32 heavy (non-hydrogen) atoms. The highest BCUT2D eigenvalue weighted by molar-refractivity contribution is 5.93. The highest BCUT2D eigenvalue weighted by Gasteiger charge is 2.62. The second kappa shape index (κ2) is 7.39. The van der Waals surface area contributed by atoms with Crippen molar-refractivity contribution in [3.05, 3.63) is 42.0 Å². The molecule has 4 nitrogen and oxygen atoms in total. The van der Waals surface area contributed by atoms with Crippen molar-refractivity contribution < 1.29 is 18.4 Å². The Morgan fingerprint density at radius 3 is 2.62 bits per heavy atom. The van der Waals surface area contributed by atoms with Crippen LogP contribution in [0.15, 0.2) is 36.2 Å². The van der Waals surface area contributed by atoms with Crippen LogP contribution in [0.5, 0.6) is 0 Å². The molecule has 0 saturated heterocycles. The fourth-order valence-corrected chi connectivity index (χ4v) is 8.06. The van der Waals surface area contributed by atoms with Gasteiger partial charge in [0, 0.05) is 30.1 Å². The maximum absolute atomic E-state index is 14.5. The number of hydrogen-bond donors (Lipinski definition) is 1. The minimum absolute atomic E-state index is 0.0205. The van der Waals surface area contributed by atoms with E-state index < -0.39 is 11.7 Å². The van der Waals surface area contributed by atoms with E-state index in [1.807, 2.05) is 0 Å². The Bertz CT molecular complexity index is 994. The van der Waals surface area contributed by atoms with Gasteiger partial charge in [-0.15, -0.1) is 0 Å². The number of rotatable bonds is 2. The molecule has 0 radical (unpaired) electrons. The van der Waals surface area contributed by atoms with E-state index in [-0.39, 0.29) is 34.5 Å². The van der Waals surface area contributed by atoms with Crippen molar-refractivity contribution in [2.45, 2.75) is 58.4 Å². The van der Waals surface area contributed by atoms with Crippen LogP contribution in [-0.4, -0.2) is 29.8 Å². The summed E-state index contributed by atoms with van der Waals surface area (Å²) < 4.78 is 28.1. The number of amides is 2. The quantitative estimate of drug-likeness (QED) is 0.674. The Balaban J connectivity index is 1.39. The molecule has 6 heteroatoms. The maximum Gasteiger partial charge on any atom is 0.282 e. The van der Waals surface area contributed by atoms with Crippen molar-refractivity contribution in [2.24, 2.45) is 34.5 Å². The lowest BCUT2D eigenvalue weighted by molar-refractivity contribution is -0.144. The molecule has 7 atom stereocenters. The molecular weight excluding hydrogens is 410 g/mol. The van der Waals surface area contributed by atoms with E-state index in [2.05, 4.69) is 19.2 Å². The van der Waals surface area contributed by atoms with Gasteiger partial charge in [0.25, 0.3) is 5.91 Å². The summed E-state index contributed by atoms with van der Waals surface area (Å²) in [6, 6.07) is 6.08. The van der Waals surface area contributed by atoms with Crippen LogP contribution in [0.2, 0.25) is 0 Å². The van der Waals surface area contributed by atoms with Crippen LogP contribution in [-0.2, 0) is 9.59 Å². The average Bonchev–Trinajstić information content (AvgIpc) is 3.09. The predicted molar refractivity (Wildman–Crippen MR) is 119 cm³/mol. The number of halogens is 2. The van der Waals surface area contributed by atoms with Gasteiger partial charge in [0.15, 0.2) is 5.83 Å². The summed E-state index contributed by atoms with van der Waals surface area (Å²) in [6.45, 7) is 4.38. The molecule has 2 unspecified atom stereocenters. The lowest BCUT2D eigenvalue weighted by Crippen LogP contribution is -2.60. The summed E-state index contributed by atoms with van der Waals surface area (Å²) >= 11 is 0. The van der Waals surface area contributed by atoms with Gasteiger partial charge in [-0.2, -0.15) is 0 Å².